The lowest BCUT2D eigenvalue weighted by atomic mass is 9.99. The van der Waals surface area contributed by atoms with Gasteiger partial charge >= 0.3 is 18.4 Å². The topological polar surface area (TPSA) is 130 Å². The number of para-hydroxylation sites is 1. The number of nitrogens with two attached hydrogens (primary N) is 1. The molecule has 2 aromatic carbocycles. The number of amides is 3. The molecule has 9 nitrogen and oxygen atoms in total. The number of hydrogen-bond acceptors (Lipinski definition) is 5. The predicted molar refractivity (Wildman–Crippen MR) is 122 cm³/mol. The summed E-state index contributed by atoms with van der Waals surface area (Å²) in [5.74, 6) is -1.50. The van der Waals surface area contributed by atoms with Crippen LogP contribution in [0.2, 0.25) is 0 Å². The summed E-state index contributed by atoms with van der Waals surface area (Å²) >= 11 is 0. The number of halogens is 3. The summed E-state index contributed by atoms with van der Waals surface area (Å²) in [7, 11) is 0. The minimum atomic E-state index is -4.87. The maximum atomic E-state index is 13.2. The van der Waals surface area contributed by atoms with Gasteiger partial charge in [0.1, 0.15) is 5.75 Å². The number of fused-ring (bicyclic) bond motifs is 1. The number of nitriles is 1. The number of carbonyl (C=O) groups excluding carboxylic acids is 3. The minimum Gasteiger partial charge on any atom is -0.406 e. The van der Waals surface area contributed by atoms with E-state index in [9.17, 15) is 32.8 Å². The van der Waals surface area contributed by atoms with Crippen molar-refractivity contribution in [3.63, 3.8) is 0 Å². The first-order valence-electron chi connectivity index (χ1n) is 10.8. The van der Waals surface area contributed by atoms with E-state index in [1.54, 1.807) is 24.3 Å². The summed E-state index contributed by atoms with van der Waals surface area (Å²) in [6.45, 7) is -0.00950. The van der Waals surface area contributed by atoms with Crippen LogP contribution in [0.15, 0.2) is 54.7 Å². The third-order valence-electron chi connectivity index (χ3n) is 5.82. The largest absolute Gasteiger partial charge is 0.573 e. The van der Waals surface area contributed by atoms with Gasteiger partial charge in [-0.2, -0.15) is 5.26 Å². The van der Waals surface area contributed by atoms with E-state index in [0.717, 1.165) is 12.1 Å². The molecule has 3 aromatic rings. The van der Waals surface area contributed by atoms with Crippen molar-refractivity contribution in [3.05, 3.63) is 60.3 Å². The van der Waals surface area contributed by atoms with Crippen LogP contribution in [0.5, 0.6) is 5.75 Å². The number of nitrogens with zero attached hydrogens (tertiary/aromatic N) is 3. The molecule has 3 N–H and O–H groups in total. The summed E-state index contributed by atoms with van der Waals surface area (Å²) in [5.41, 5.74) is 6.45. The van der Waals surface area contributed by atoms with E-state index in [2.05, 4.69) is 16.1 Å². The zero-order valence-corrected chi connectivity index (χ0v) is 18.7. The van der Waals surface area contributed by atoms with Gasteiger partial charge in [-0.25, -0.2) is 9.59 Å². The molecule has 0 saturated carbocycles. The molecule has 2 atom stereocenters. The van der Waals surface area contributed by atoms with Gasteiger partial charge in [0.15, 0.2) is 5.78 Å². The molecule has 12 heteroatoms. The summed E-state index contributed by atoms with van der Waals surface area (Å²) in [6.07, 6.45) is -3.68. The first kappa shape index (κ1) is 24.6. The van der Waals surface area contributed by atoms with E-state index in [1.807, 2.05) is 0 Å². The van der Waals surface area contributed by atoms with Gasteiger partial charge in [-0.1, -0.05) is 30.3 Å². The van der Waals surface area contributed by atoms with E-state index < -0.39 is 41.9 Å². The van der Waals surface area contributed by atoms with E-state index in [-0.39, 0.29) is 30.6 Å². The van der Waals surface area contributed by atoms with Gasteiger partial charge in [-0.3, -0.25) is 9.36 Å². The Balaban J connectivity index is 1.54. The highest BCUT2D eigenvalue weighted by Gasteiger charge is 2.40. The molecule has 1 aliphatic rings. The second-order valence-corrected chi connectivity index (χ2v) is 8.27. The second-order valence-electron chi connectivity index (χ2n) is 8.27. The highest BCUT2D eigenvalue weighted by molar-refractivity contribution is 6.05. The van der Waals surface area contributed by atoms with Crippen LogP contribution in [0.3, 0.4) is 0 Å². The molecule has 1 aliphatic heterocycles. The Morgan fingerprint density at radius 2 is 1.92 bits per heavy atom. The standard InChI is InChI=1S/C24H20F3N5O4/c25-24(26,27)36-16-5-3-4-14(8-16)10-21(33)20-9-15(11-28)12-32(20)23(35)30-18-13-31(22(29)34)19-7-2-1-6-17(18)19/h1-8,13,15,20H,9-10,12H2,(H2,29,34)(H,30,35)/t15-,20+/m1/s1. The van der Waals surface area contributed by atoms with Gasteiger partial charge in [-0.05, 0) is 30.2 Å². The molecule has 1 aromatic heterocycles. The number of primary amides is 1. The Bertz CT molecular complexity index is 1380. The first-order valence-corrected chi connectivity index (χ1v) is 10.8. The number of Topliss-reactive ketones (excluding diaryl/α,β-unsaturated/α-hetero) is 1. The summed E-state index contributed by atoms with van der Waals surface area (Å²) in [6, 6.07) is 11.5. The van der Waals surface area contributed by atoms with E-state index in [4.69, 9.17) is 5.73 Å². The lowest BCUT2D eigenvalue weighted by Crippen LogP contribution is -2.43. The van der Waals surface area contributed by atoms with Crippen molar-refractivity contribution in [2.24, 2.45) is 11.7 Å². The monoisotopic (exact) mass is 499 g/mol. The Labute approximate surface area is 202 Å². The van der Waals surface area contributed by atoms with Gasteiger partial charge in [0.2, 0.25) is 0 Å². The quantitative estimate of drug-likeness (QED) is 0.548. The molecule has 36 heavy (non-hydrogen) atoms. The summed E-state index contributed by atoms with van der Waals surface area (Å²) < 4.78 is 42.7. The molecular weight excluding hydrogens is 479 g/mol. The highest BCUT2D eigenvalue weighted by atomic mass is 19.4. The summed E-state index contributed by atoms with van der Waals surface area (Å²) in [5, 5.41) is 12.6. The number of ketones is 1. The fourth-order valence-electron chi connectivity index (χ4n) is 4.28. The number of nitrogens with one attached hydrogen (secondary N) is 1. The van der Waals surface area contributed by atoms with E-state index in [1.165, 1.54) is 27.8 Å². The maximum absolute atomic E-state index is 13.2. The van der Waals surface area contributed by atoms with Crippen LogP contribution in [-0.4, -0.2) is 46.3 Å². The van der Waals surface area contributed by atoms with Crippen molar-refractivity contribution in [3.8, 4) is 11.8 Å². The van der Waals surface area contributed by atoms with Gasteiger partial charge in [-0.15, -0.1) is 13.2 Å². The summed E-state index contributed by atoms with van der Waals surface area (Å²) in [4.78, 5) is 39.2. The number of anilines is 1. The third kappa shape index (κ3) is 5.25. The number of ether oxygens (including phenoxy) is 1. The average molecular weight is 499 g/mol. The third-order valence-corrected chi connectivity index (χ3v) is 5.82. The smallest absolute Gasteiger partial charge is 0.406 e. The lowest BCUT2D eigenvalue weighted by molar-refractivity contribution is -0.274. The average Bonchev–Trinajstić information content (AvgIpc) is 3.41. The van der Waals surface area contributed by atoms with Crippen molar-refractivity contribution < 1.29 is 32.3 Å². The molecule has 0 aliphatic carbocycles. The molecule has 2 heterocycles. The molecule has 0 bridgehead atoms. The molecule has 0 spiro atoms. The van der Waals surface area contributed by atoms with Crippen LogP contribution >= 0.6 is 0 Å². The molecule has 1 saturated heterocycles. The first-order chi connectivity index (χ1) is 17.1. The van der Waals surface area contributed by atoms with Crippen LogP contribution < -0.4 is 15.8 Å². The number of aromatic nitrogens is 1. The number of carbonyl (C=O) groups is 3. The Kier molecular flexibility index (Phi) is 6.57. The molecule has 186 valence electrons. The zero-order chi connectivity index (χ0) is 26.0. The maximum Gasteiger partial charge on any atom is 0.573 e. The normalized spacial score (nSPS) is 17.6. The van der Waals surface area contributed by atoms with Crippen molar-refractivity contribution in [2.45, 2.75) is 25.2 Å². The minimum absolute atomic E-state index is 0.00950. The van der Waals surface area contributed by atoms with Crippen molar-refractivity contribution in [1.29, 1.82) is 5.26 Å². The number of alkyl halides is 3. The number of urea groups is 1. The predicted octanol–water partition coefficient (Wildman–Crippen LogP) is 4.02. The van der Waals surface area contributed by atoms with Crippen LogP contribution in [0.25, 0.3) is 10.9 Å². The van der Waals surface area contributed by atoms with Crippen LogP contribution in [0.4, 0.5) is 28.4 Å². The van der Waals surface area contributed by atoms with Crippen molar-refractivity contribution in [2.75, 3.05) is 11.9 Å². The number of benzene rings is 2. The second kappa shape index (κ2) is 9.61. The van der Waals surface area contributed by atoms with Crippen LogP contribution in [0, 0.1) is 17.2 Å². The highest BCUT2D eigenvalue weighted by Crippen LogP contribution is 2.30. The number of hydrogen-bond donors (Lipinski definition) is 2. The number of rotatable bonds is 5. The van der Waals surface area contributed by atoms with Gasteiger partial charge in [0.25, 0.3) is 0 Å². The van der Waals surface area contributed by atoms with Crippen molar-refractivity contribution >= 4 is 34.4 Å². The van der Waals surface area contributed by atoms with Gasteiger partial charge in [0, 0.05) is 24.5 Å². The van der Waals surface area contributed by atoms with Crippen molar-refractivity contribution in [1.82, 2.24) is 9.47 Å². The fraction of sp³-hybridized carbons (Fsp3) is 0.250. The van der Waals surface area contributed by atoms with Gasteiger partial charge in [0.05, 0.1) is 29.2 Å². The van der Waals surface area contributed by atoms with E-state index in [0.29, 0.717) is 10.9 Å². The Morgan fingerprint density at radius 1 is 1.17 bits per heavy atom. The Hall–Kier alpha value is -4.53. The molecule has 0 radical (unpaired) electrons. The molecule has 3 amide bonds. The molecule has 0 unspecified atom stereocenters. The Morgan fingerprint density at radius 3 is 2.61 bits per heavy atom. The van der Waals surface area contributed by atoms with Gasteiger partial charge < -0.3 is 20.7 Å². The van der Waals surface area contributed by atoms with Crippen LogP contribution in [0.1, 0.15) is 12.0 Å². The number of likely N-dealkylation sites (tertiary alicyclic amines) is 1. The SMILES string of the molecule is N#C[C@H]1C[C@@H](C(=O)Cc2cccc(OC(F)(F)F)c2)N(C(=O)Nc2cn(C(N)=O)c3ccccc23)C1. The molecular formula is C24H20F3N5O4. The zero-order valence-electron chi connectivity index (χ0n) is 18.7. The fourth-order valence-corrected chi connectivity index (χ4v) is 4.28. The van der Waals surface area contributed by atoms with Crippen LogP contribution in [-0.2, 0) is 11.2 Å². The molecule has 1 fully saturated rings. The molecule has 4 rings (SSSR count). The lowest BCUT2D eigenvalue weighted by Gasteiger charge is -2.24. The van der Waals surface area contributed by atoms with E-state index >= 15 is 0 Å².